The van der Waals surface area contributed by atoms with Gasteiger partial charge in [-0.25, -0.2) is 0 Å². The summed E-state index contributed by atoms with van der Waals surface area (Å²) in [6.07, 6.45) is 7.03. The molecule has 1 heterocycles. The molecule has 1 saturated carbocycles. The minimum absolute atomic E-state index is 0.788. The van der Waals surface area contributed by atoms with Crippen molar-refractivity contribution in [2.24, 2.45) is 0 Å². The van der Waals surface area contributed by atoms with E-state index < -0.39 is 0 Å². The molecule has 15 heavy (non-hydrogen) atoms. The van der Waals surface area contributed by atoms with Gasteiger partial charge in [0.15, 0.2) is 0 Å². The molecule has 3 heteroatoms. The SMILES string of the molecule is ClCCN(CCN1CCCC1)C1CCC1. The van der Waals surface area contributed by atoms with Crippen molar-refractivity contribution in [2.45, 2.75) is 38.1 Å². The highest BCUT2D eigenvalue weighted by molar-refractivity contribution is 6.18. The van der Waals surface area contributed by atoms with Crippen LogP contribution in [0.25, 0.3) is 0 Å². The Balaban J connectivity index is 1.68. The minimum Gasteiger partial charge on any atom is -0.302 e. The van der Waals surface area contributed by atoms with Gasteiger partial charge in [-0.1, -0.05) is 6.42 Å². The molecular formula is C12H23ClN2. The Morgan fingerprint density at radius 2 is 1.80 bits per heavy atom. The molecule has 2 aliphatic rings. The molecule has 0 aromatic heterocycles. The van der Waals surface area contributed by atoms with Gasteiger partial charge in [0.2, 0.25) is 0 Å². The van der Waals surface area contributed by atoms with Crippen molar-refractivity contribution in [2.75, 3.05) is 38.6 Å². The molecule has 0 amide bonds. The monoisotopic (exact) mass is 230 g/mol. The number of alkyl halides is 1. The van der Waals surface area contributed by atoms with Crippen molar-refractivity contribution in [3.8, 4) is 0 Å². The van der Waals surface area contributed by atoms with E-state index in [1.165, 1.54) is 58.3 Å². The summed E-state index contributed by atoms with van der Waals surface area (Å²) < 4.78 is 0. The van der Waals surface area contributed by atoms with Crippen LogP contribution >= 0.6 is 11.6 Å². The number of hydrogen-bond acceptors (Lipinski definition) is 2. The van der Waals surface area contributed by atoms with Gasteiger partial charge < -0.3 is 4.90 Å². The second-order valence-electron chi connectivity index (χ2n) is 4.86. The Morgan fingerprint density at radius 3 is 2.33 bits per heavy atom. The summed E-state index contributed by atoms with van der Waals surface area (Å²) in [5.74, 6) is 0.788. The fourth-order valence-corrected chi connectivity index (χ4v) is 2.83. The van der Waals surface area contributed by atoms with Gasteiger partial charge in [0.05, 0.1) is 0 Å². The Morgan fingerprint density at radius 1 is 1.07 bits per heavy atom. The van der Waals surface area contributed by atoms with Crippen LogP contribution in [0.4, 0.5) is 0 Å². The van der Waals surface area contributed by atoms with Gasteiger partial charge in [0, 0.05) is 31.6 Å². The van der Waals surface area contributed by atoms with E-state index in [0.717, 1.165) is 18.5 Å². The molecule has 0 aromatic rings. The van der Waals surface area contributed by atoms with Crippen LogP contribution in [0.1, 0.15) is 32.1 Å². The summed E-state index contributed by atoms with van der Waals surface area (Å²) in [4.78, 5) is 5.20. The van der Waals surface area contributed by atoms with Crippen molar-refractivity contribution in [3.05, 3.63) is 0 Å². The first-order valence-corrected chi connectivity index (χ1v) is 6.96. The molecule has 2 fully saturated rings. The topological polar surface area (TPSA) is 6.48 Å². The molecule has 1 aliphatic heterocycles. The molecule has 2 nitrogen and oxygen atoms in total. The average Bonchev–Trinajstić information content (AvgIpc) is 2.64. The lowest BCUT2D eigenvalue weighted by Crippen LogP contribution is -2.44. The maximum absolute atomic E-state index is 5.86. The first kappa shape index (κ1) is 11.7. The maximum atomic E-state index is 5.86. The molecule has 0 bridgehead atoms. The highest BCUT2D eigenvalue weighted by Crippen LogP contribution is 2.24. The molecule has 0 spiro atoms. The quantitative estimate of drug-likeness (QED) is 0.646. The Labute approximate surface area is 98.6 Å². The van der Waals surface area contributed by atoms with Crippen LogP contribution in [-0.2, 0) is 0 Å². The predicted molar refractivity (Wildman–Crippen MR) is 65.6 cm³/mol. The number of rotatable bonds is 6. The van der Waals surface area contributed by atoms with E-state index >= 15 is 0 Å². The average molecular weight is 231 g/mol. The van der Waals surface area contributed by atoms with Crippen molar-refractivity contribution < 1.29 is 0 Å². The van der Waals surface area contributed by atoms with Crippen LogP contribution in [-0.4, -0.2) is 54.4 Å². The van der Waals surface area contributed by atoms with Gasteiger partial charge in [-0.15, -0.1) is 11.6 Å². The van der Waals surface area contributed by atoms with Crippen LogP contribution in [0.15, 0.2) is 0 Å². The van der Waals surface area contributed by atoms with E-state index in [0.29, 0.717) is 0 Å². The van der Waals surface area contributed by atoms with E-state index in [4.69, 9.17) is 11.6 Å². The second kappa shape index (κ2) is 6.07. The lowest BCUT2D eigenvalue weighted by molar-refractivity contribution is 0.121. The van der Waals surface area contributed by atoms with Crippen molar-refractivity contribution in [3.63, 3.8) is 0 Å². The van der Waals surface area contributed by atoms with Crippen LogP contribution in [0.2, 0.25) is 0 Å². The molecule has 2 rings (SSSR count). The first-order valence-electron chi connectivity index (χ1n) is 6.42. The maximum Gasteiger partial charge on any atom is 0.0351 e. The third-order valence-corrected chi connectivity index (χ3v) is 4.03. The van der Waals surface area contributed by atoms with E-state index in [1.807, 2.05) is 0 Å². The summed E-state index contributed by atoms with van der Waals surface area (Å²) in [6.45, 7) is 6.21. The fourth-order valence-electron chi connectivity index (χ4n) is 2.61. The van der Waals surface area contributed by atoms with Gasteiger partial charge in [-0.05, 0) is 38.8 Å². The van der Waals surface area contributed by atoms with Crippen molar-refractivity contribution in [1.29, 1.82) is 0 Å². The third-order valence-electron chi connectivity index (χ3n) is 3.86. The number of hydrogen-bond donors (Lipinski definition) is 0. The Hall–Kier alpha value is 0.210. The van der Waals surface area contributed by atoms with Crippen LogP contribution < -0.4 is 0 Å². The largest absolute Gasteiger partial charge is 0.302 e. The summed E-state index contributed by atoms with van der Waals surface area (Å²) in [7, 11) is 0. The molecule has 1 aliphatic carbocycles. The molecule has 0 radical (unpaired) electrons. The van der Waals surface area contributed by atoms with Gasteiger partial charge in [0.1, 0.15) is 0 Å². The van der Waals surface area contributed by atoms with Crippen molar-refractivity contribution in [1.82, 2.24) is 9.80 Å². The molecule has 0 aromatic carbocycles. The van der Waals surface area contributed by atoms with Crippen molar-refractivity contribution >= 4 is 11.6 Å². The molecule has 1 saturated heterocycles. The molecule has 0 N–H and O–H groups in total. The van der Waals surface area contributed by atoms with Crippen LogP contribution in [0.3, 0.4) is 0 Å². The highest BCUT2D eigenvalue weighted by Gasteiger charge is 2.24. The smallest absolute Gasteiger partial charge is 0.0351 e. The lowest BCUT2D eigenvalue weighted by atomic mass is 9.91. The predicted octanol–water partition coefficient (Wildman–Crippen LogP) is 2.18. The van der Waals surface area contributed by atoms with Gasteiger partial charge in [0.25, 0.3) is 0 Å². The molecule has 0 unspecified atom stereocenters. The first-order chi connectivity index (χ1) is 7.40. The van der Waals surface area contributed by atoms with E-state index in [-0.39, 0.29) is 0 Å². The normalized spacial score (nSPS) is 23.6. The summed E-state index contributed by atoms with van der Waals surface area (Å²) in [5.41, 5.74) is 0. The number of nitrogens with zero attached hydrogens (tertiary/aromatic N) is 2. The highest BCUT2D eigenvalue weighted by atomic mass is 35.5. The zero-order chi connectivity index (χ0) is 10.5. The number of halogens is 1. The Bertz CT molecular complexity index is 176. The van der Waals surface area contributed by atoms with E-state index in [2.05, 4.69) is 9.80 Å². The second-order valence-corrected chi connectivity index (χ2v) is 5.24. The summed E-state index contributed by atoms with van der Waals surface area (Å²) in [6, 6.07) is 0.853. The van der Waals surface area contributed by atoms with Gasteiger partial charge >= 0.3 is 0 Å². The third kappa shape index (κ3) is 3.33. The standard InChI is InChI=1S/C12H23ClN2/c13-6-9-15(12-4-3-5-12)11-10-14-7-1-2-8-14/h12H,1-11H2. The summed E-state index contributed by atoms with van der Waals surface area (Å²) in [5, 5.41) is 0. The molecular weight excluding hydrogens is 208 g/mol. The van der Waals surface area contributed by atoms with Crippen LogP contribution in [0, 0.1) is 0 Å². The van der Waals surface area contributed by atoms with Gasteiger partial charge in [-0.2, -0.15) is 0 Å². The fraction of sp³-hybridized carbons (Fsp3) is 1.00. The summed E-state index contributed by atoms with van der Waals surface area (Å²) >= 11 is 5.86. The van der Waals surface area contributed by atoms with Gasteiger partial charge in [-0.3, -0.25) is 4.90 Å². The van der Waals surface area contributed by atoms with Crippen LogP contribution in [0.5, 0.6) is 0 Å². The number of likely N-dealkylation sites (tertiary alicyclic amines) is 1. The van der Waals surface area contributed by atoms with E-state index in [9.17, 15) is 0 Å². The van der Waals surface area contributed by atoms with E-state index in [1.54, 1.807) is 0 Å². The molecule has 0 atom stereocenters. The molecule has 88 valence electrons. The zero-order valence-electron chi connectivity index (χ0n) is 9.63. The lowest BCUT2D eigenvalue weighted by Gasteiger charge is -2.38. The minimum atomic E-state index is 0.788. The zero-order valence-corrected chi connectivity index (χ0v) is 10.4. The Kier molecular flexibility index (Phi) is 4.73.